The Morgan fingerprint density at radius 3 is 2.89 bits per heavy atom. The fourth-order valence-electron chi connectivity index (χ4n) is 2.20. The van der Waals surface area contributed by atoms with Crippen LogP contribution >= 0.6 is 0 Å². The lowest BCUT2D eigenvalue weighted by Crippen LogP contribution is -2.34. The summed E-state index contributed by atoms with van der Waals surface area (Å²) in [4.78, 5) is 11.7. The van der Waals surface area contributed by atoms with Gasteiger partial charge >= 0.3 is 6.09 Å². The number of ether oxygens (including phenoxy) is 1. The van der Waals surface area contributed by atoms with E-state index in [9.17, 15) is 4.79 Å². The second-order valence-electron chi connectivity index (χ2n) is 4.88. The fourth-order valence-corrected chi connectivity index (χ4v) is 2.20. The van der Waals surface area contributed by atoms with E-state index in [1.165, 1.54) is 12.8 Å². The van der Waals surface area contributed by atoms with Gasteiger partial charge in [-0.3, -0.25) is 0 Å². The van der Waals surface area contributed by atoms with Gasteiger partial charge in [0, 0.05) is 0 Å². The van der Waals surface area contributed by atoms with Gasteiger partial charge in [0.1, 0.15) is 6.61 Å². The van der Waals surface area contributed by atoms with E-state index in [2.05, 4.69) is 17.5 Å². The van der Waals surface area contributed by atoms with Crippen LogP contribution in [-0.4, -0.2) is 12.1 Å². The number of amides is 1. The van der Waals surface area contributed by atoms with Gasteiger partial charge in [0.25, 0.3) is 0 Å². The van der Waals surface area contributed by atoms with Crippen LogP contribution in [0.3, 0.4) is 0 Å². The molecule has 0 saturated carbocycles. The summed E-state index contributed by atoms with van der Waals surface area (Å²) < 4.78 is 5.22. The second kappa shape index (κ2) is 7.62. The molecule has 0 spiro atoms. The lowest BCUT2D eigenvalue weighted by atomic mass is 10.0. The largest absolute Gasteiger partial charge is 0.445 e. The topological polar surface area (TPSA) is 38.3 Å². The summed E-state index contributed by atoms with van der Waals surface area (Å²) in [5, 5.41) is 2.91. The van der Waals surface area contributed by atoms with Crippen LogP contribution in [0.2, 0.25) is 0 Å². The summed E-state index contributed by atoms with van der Waals surface area (Å²) >= 11 is 0. The van der Waals surface area contributed by atoms with E-state index in [-0.39, 0.29) is 12.1 Å². The molecule has 0 bridgehead atoms. The maximum absolute atomic E-state index is 11.7. The summed E-state index contributed by atoms with van der Waals surface area (Å²) in [5.41, 5.74) is 1.01. The van der Waals surface area contributed by atoms with E-state index in [1.54, 1.807) is 0 Å². The van der Waals surface area contributed by atoms with E-state index >= 15 is 0 Å². The molecule has 0 aliphatic heterocycles. The normalized spacial score (nSPS) is 20.9. The maximum atomic E-state index is 11.7. The maximum Gasteiger partial charge on any atom is 0.407 e. The molecule has 1 N–H and O–H groups in total. The summed E-state index contributed by atoms with van der Waals surface area (Å²) in [6, 6.07) is 9.83. The lowest BCUT2D eigenvalue weighted by molar-refractivity contribution is 0.137. The van der Waals surface area contributed by atoms with E-state index in [4.69, 9.17) is 4.74 Å². The molecule has 1 unspecified atom stereocenters. The van der Waals surface area contributed by atoms with Crippen LogP contribution in [0.5, 0.6) is 0 Å². The van der Waals surface area contributed by atoms with Crippen LogP contribution < -0.4 is 5.32 Å². The Kier molecular flexibility index (Phi) is 5.48. The molecule has 3 nitrogen and oxygen atoms in total. The van der Waals surface area contributed by atoms with Crippen molar-refractivity contribution >= 4 is 6.09 Å². The number of carbonyl (C=O) groups is 1. The fraction of sp³-hybridized carbons (Fsp3) is 0.438. The third kappa shape index (κ3) is 5.16. The van der Waals surface area contributed by atoms with Gasteiger partial charge in [-0.25, -0.2) is 4.79 Å². The van der Waals surface area contributed by atoms with Crippen molar-refractivity contribution in [3.05, 3.63) is 48.0 Å². The van der Waals surface area contributed by atoms with Gasteiger partial charge in [0.05, 0.1) is 6.04 Å². The SMILES string of the molecule is O=C(NC1/C=C/CCCCC1)OCc1ccccc1. The van der Waals surface area contributed by atoms with Gasteiger partial charge in [0.2, 0.25) is 0 Å². The Labute approximate surface area is 114 Å². The number of rotatable bonds is 3. The molecule has 0 heterocycles. The van der Waals surface area contributed by atoms with Gasteiger partial charge in [-0.2, -0.15) is 0 Å². The van der Waals surface area contributed by atoms with Gasteiger partial charge in [-0.1, -0.05) is 55.3 Å². The molecule has 102 valence electrons. The molecule has 2 rings (SSSR count). The second-order valence-corrected chi connectivity index (χ2v) is 4.88. The summed E-state index contributed by atoms with van der Waals surface area (Å²) in [6.07, 6.45) is 9.66. The van der Waals surface area contributed by atoms with Crippen molar-refractivity contribution in [2.24, 2.45) is 0 Å². The number of nitrogens with one attached hydrogen (secondary N) is 1. The van der Waals surface area contributed by atoms with Crippen LogP contribution in [0, 0.1) is 0 Å². The van der Waals surface area contributed by atoms with Crippen molar-refractivity contribution < 1.29 is 9.53 Å². The van der Waals surface area contributed by atoms with Gasteiger partial charge in [-0.15, -0.1) is 0 Å². The zero-order chi connectivity index (χ0) is 13.3. The first-order chi connectivity index (χ1) is 9.34. The Morgan fingerprint density at radius 2 is 2.05 bits per heavy atom. The minimum atomic E-state index is -0.334. The molecule has 1 aliphatic rings. The molecule has 1 aromatic rings. The molecular formula is C16H21NO2. The number of hydrogen-bond acceptors (Lipinski definition) is 2. The first kappa shape index (κ1) is 13.7. The van der Waals surface area contributed by atoms with Crippen molar-refractivity contribution in [3.63, 3.8) is 0 Å². The molecule has 0 radical (unpaired) electrons. The summed E-state index contributed by atoms with van der Waals surface area (Å²) in [5.74, 6) is 0. The molecule has 0 fully saturated rings. The highest BCUT2D eigenvalue weighted by molar-refractivity contribution is 5.67. The van der Waals surface area contributed by atoms with Crippen molar-refractivity contribution in [1.29, 1.82) is 0 Å². The van der Waals surface area contributed by atoms with Crippen molar-refractivity contribution in [2.75, 3.05) is 0 Å². The van der Waals surface area contributed by atoms with Gasteiger partial charge in [0.15, 0.2) is 0 Å². The van der Waals surface area contributed by atoms with E-state index in [1.807, 2.05) is 30.3 Å². The monoisotopic (exact) mass is 259 g/mol. The minimum absolute atomic E-state index is 0.114. The molecule has 1 amide bonds. The number of alkyl carbamates (subject to hydrolysis) is 1. The molecule has 1 aliphatic carbocycles. The lowest BCUT2D eigenvalue weighted by Gasteiger charge is -2.16. The Bertz CT molecular complexity index is 414. The molecule has 3 heteroatoms. The minimum Gasteiger partial charge on any atom is -0.445 e. The van der Waals surface area contributed by atoms with Crippen LogP contribution in [-0.2, 0) is 11.3 Å². The average Bonchev–Trinajstić information content (AvgIpc) is 2.41. The third-order valence-corrected chi connectivity index (χ3v) is 3.27. The van der Waals surface area contributed by atoms with E-state index in [0.717, 1.165) is 24.8 Å². The molecule has 19 heavy (non-hydrogen) atoms. The Balaban J connectivity index is 1.75. The highest BCUT2D eigenvalue weighted by atomic mass is 16.5. The number of hydrogen-bond donors (Lipinski definition) is 1. The highest BCUT2D eigenvalue weighted by Crippen LogP contribution is 2.12. The van der Waals surface area contributed by atoms with Crippen LogP contribution in [0.1, 0.15) is 37.7 Å². The zero-order valence-corrected chi connectivity index (χ0v) is 11.2. The van der Waals surface area contributed by atoms with Crippen LogP contribution in [0.15, 0.2) is 42.5 Å². The zero-order valence-electron chi connectivity index (χ0n) is 11.2. The van der Waals surface area contributed by atoms with Gasteiger partial charge in [-0.05, 0) is 24.8 Å². The standard InChI is InChI=1S/C16H21NO2/c18-16(19-13-14-9-5-4-6-10-14)17-15-11-7-2-1-3-8-12-15/h4-7,9-11,15H,1-3,8,12-13H2,(H,17,18)/b11-7+. The van der Waals surface area contributed by atoms with Crippen molar-refractivity contribution in [3.8, 4) is 0 Å². The summed E-state index contributed by atoms with van der Waals surface area (Å²) in [6.45, 7) is 0.323. The molecule has 0 saturated heterocycles. The number of allylic oxidation sites excluding steroid dienone is 1. The van der Waals surface area contributed by atoms with Gasteiger partial charge < -0.3 is 10.1 Å². The van der Waals surface area contributed by atoms with E-state index < -0.39 is 0 Å². The Morgan fingerprint density at radius 1 is 1.21 bits per heavy atom. The average molecular weight is 259 g/mol. The first-order valence-electron chi connectivity index (χ1n) is 6.98. The number of carbonyl (C=O) groups excluding carboxylic acids is 1. The van der Waals surface area contributed by atoms with Crippen molar-refractivity contribution in [1.82, 2.24) is 5.32 Å². The predicted molar refractivity (Wildman–Crippen MR) is 75.8 cm³/mol. The van der Waals surface area contributed by atoms with Crippen LogP contribution in [0.25, 0.3) is 0 Å². The first-order valence-corrected chi connectivity index (χ1v) is 6.98. The third-order valence-electron chi connectivity index (χ3n) is 3.27. The van der Waals surface area contributed by atoms with Crippen LogP contribution in [0.4, 0.5) is 4.79 Å². The summed E-state index contributed by atoms with van der Waals surface area (Å²) in [7, 11) is 0. The highest BCUT2D eigenvalue weighted by Gasteiger charge is 2.11. The predicted octanol–water partition coefficient (Wildman–Crippen LogP) is 3.80. The quantitative estimate of drug-likeness (QED) is 0.838. The molecule has 1 atom stereocenters. The van der Waals surface area contributed by atoms with E-state index in [0.29, 0.717) is 6.61 Å². The smallest absolute Gasteiger partial charge is 0.407 e. The van der Waals surface area contributed by atoms with Crippen molar-refractivity contribution in [2.45, 2.75) is 44.8 Å². The number of benzene rings is 1. The molecular weight excluding hydrogens is 238 g/mol. The molecule has 1 aromatic carbocycles. The molecule has 0 aromatic heterocycles. The Hall–Kier alpha value is -1.77.